The van der Waals surface area contributed by atoms with Crippen molar-refractivity contribution < 1.29 is 4.79 Å². The van der Waals surface area contributed by atoms with E-state index in [-0.39, 0.29) is 5.78 Å². The fourth-order valence-electron chi connectivity index (χ4n) is 1.07. The third-order valence-electron chi connectivity index (χ3n) is 1.80. The van der Waals surface area contributed by atoms with Gasteiger partial charge in [0.25, 0.3) is 0 Å². The molecule has 1 rings (SSSR count). The highest BCUT2D eigenvalue weighted by Gasteiger charge is 2.13. The molecule has 1 atom stereocenters. The number of halogens is 1. The number of Topliss-reactive ketones (excluding diaryl/α,β-unsaturated/α-hetero) is 1. The van der Waals surface area contributed by atoms with Crippen LogP contribution in [-0.2, 0) is 0 Å². The summed E-state index contributed by atoms with van der Waals surface area (Å²) in [5.74, 6) is -0.120. The van der Waals surface area contributed by atoms with Gasteiger partial charge in [-0.05, 0) is 31.5 Å². The SMILES string of the molecule is Cc1ccc(C(=O)C(C)N)c(Cl)c1. The van der Waals surface area contributed by atoms with E-state index in [0.29, 0.717) is 10.6 Å². The molecule has 0 saturated heterocycles. The van der Waals surface area contributed by atoms with Crippen LogP contribution < -0.4 is 5.73 Å². The van der Waals surface area contributed by atoms with Crippen molar-refractivity contribution >= 4 is 17.4 Å². The van der Waals surface area contributed by atoms with Gasteiger partial charge in [-0.1, -0.05) is 17.7 Å². The summed E-state index contributed by atoms with van der Waals surface area (Å²) in [5, 5.41) is 0.474. The Kier molecular flexibility index (Phi) is 3.07. The van der Waals surface area contributed by atoms with Gasteiger partial charge in [0, 0.05) is 5.56 Å². The highest BCUT2D eigenvalue weighted by molar-refractivity contribution is 6.34. The Morgan fingerprint density at radius 1 is 1.54 bits per heavy atom. The quantitative estimate of drug-likeness (QED) is 0.739. The van der Waals surface area contributed by atoms with Crippen molar-refractivity contribution in [3.8, 4) is 0 Å². The molecular weight excluding hydrogens is 186 g/mol. The van der Waals surface area contributed by atoms with Gasteiger partial charge in [-0.25, -0.2) is 0 Å². The van der Waals surface area contributed by atoms with Crippen LogP contribution in [0.1, 0.15) is 22.8 Å². The molecule has 0 saturated carbocycles. The lowest BCUT2D eigenvalue weighted by Crippen LogP contribution is -2.26. The third kappa shape index (κ3) is 2.29. The number of nitrogens with two attached hydrogens (primary N) is 1. The Hall–Kier alpha value is -0.860. The van der Waals surface area contributed by atoms with Crippen LogP contribution in [0.5, 0.6) is 0 Å². The second kappa shape index (κ2) is 3.90. The zero-order valence-electron chi connectivity index (χ0n) is 7.67. The molecule has 1 aromatic carbocycles. The highest BCUT2D eigenvalue weighted by atomic mass is 35.5. The number of hydrogen-bond acceptors (Lipinski definition) is 2. The minimum atomic E-state index is -0.500. The molecule has 3 heteroatoms. The van der Waals surface area contributed by atoms with Gasteiger partial charge in [-0.15, -0.1) is 0 Å². The van der Waals surface area contributed by atoms with Gasteiger partial charge >= 0.3 is 0 Å². The van der Waals surface area contributed by atoms with Crippen molar-refractivity contribution in [2.45, 2.75) is 19.9 Å². The summed E-state index contributed by atoms with van der Waals surface area (Å²) in [6.45, 7) is 3.57. The molecule has 0 amide bonds. The topological polar surface area (TPSA) is 43.1 Å². The number of carbonyl (C=O) groups excluding carboxylic acids is 1. The minimum absolute atomic E-state index is 0.120. The Morgan fingerprint density at radius 2 is 2.15 bits per heavy atom. The van der Waals surface area contributed by atoms with Gasteiger partial charge in [0.15, 0.2) is 5.78 Å². The lowest BCUT2D eigenvalue weighted by Gasteiger charge is -2.06. The van der Waals surface area contributed by atoms with Crippen LogP contribution in [0, 0.1) is 6.92 Å². The predicted octanol–water partition coefficient (Wildman–Crippen LogP) is 2.18. The molecule has 0 fully saturated rings. The maximum absolute atomic E-state index is 11.5. The van der Waals surface area contributed by atoms with E-state index in [9.17, 15) is 4.79 Å². The molecule has 0 spiro atoms. The van der Waals surface area contributed by atoms with Crippen LogP contribution in [0.2, 0.25) is 5.02 Å². The first-order valence-corrected chi connectivity index (χ1v) is 4.46. The largest absolute Gasteiger partial charge is 0.321 e. The smallest absolute Gasteiger partial charge is 0.180 e. The summed E-state index contributed by atoms with van der Waals surface area (Å²) < 4.78 is 0. The Bertz CT molecular complexity index is 334. The molecule has 0 aliphatic carbocycles. The zero-order chi connectivity index (χ0) is 10.0. The lowest BCUT2D eigenvalue weighted by atomic mass is 10.0. The number of aryl methyl sites for hydroxylation is 1. The number of ketones is 1. The van der Waals surface area contributed by atoms with Gasteiger partial charge in [0.05, 0.1) is 11.1 Å². The van der Waals surface area contributed by atoms with Crippen molar-refractivity contribution in [3.63, 3.8) is 0 Å². The second-order valence-electron chi connectivity index (χ2n) is 3.14. The van der Waals surface area contributed by atoms with Gasteiger partial charge in [0.2, 0.25) is 0 Å². The molecule has 13 heavy (non-hydrogen) atoms. The van der Waals surface area contributed by atoms with E-state index in [0.717, 1.165) is 5.56 Å². The van der Waals surface area contributed by atoms with E-state index < -0.39 is 6.04 Å². The van der Waals surface area contributed by atoms with E-state index in [1.165, 1.54) is 0 Å². The van der Waals surface area contributed by atoms with Gasteiger partial charge in [-0.3, -0.25) is 4.79 Å². The first-order valence-electron chi connectivity index (χ1n) is 4.08. The van der Waals surface area contributed by atoms with E-state index in [1.807, 2.05) is 13.0 Å². The summed E-state index contributed by atoms with van der Waals surface area (Å²) in [6, 6.07) is 4.82. The summed E-state index contributed by atoms with van der Waals surface area (Å²) in [7, 11) is 0. The Balaban J connectivity index is 3.09. The standard InChI is InChI=1S/C10H12ClNO/c1-6-3-4-8(9(11)5-6)10(13)7(2)12/h3-5,7H,12H2,1-2H3. The first kappa shape index (κ1) is 10.2. The molecule has 2 N–H and O–H groups in total. The van der Waals surface area contributed by atoms with Crippen LogP contribution in [0.3, 0.4) is 0 Å². The molecule has 0 heterocycles. The zero-order valence-corrected chi connectivity index (χ0v) is 8.43. The Morgan fingerprint density at radius 3 is 2.62 bits per heavy atom. The fourth-order valence-corrected chi connectivity index (χ4v) is 1.39. The normalized spacial score (nSPS) is 12.6. The molecule has 0 radical (unpaired) electrons. The summed E-state index contributed by atoms with van der Waals surface area (Å²) >= 11 is 5.89. The van der Waals surface area contributed by atoms with Crippen molar-refractivity contribution in [2.24, 2.45) is 5.73 Å². The maximum atomic E-state index is 11.5. The number of rotatable bonds is 2. The van der Waals surface area contributed by atoms with E-state index in [1.54, 1.807) is 19.1 Å². The Labute approximate surface area is 82.7 Å². The number of hydrogen-bond donors (Lipinski definition) is 1. The molecular formula is C10H12ClNO. The van der Waals surface area contributed by atoms with Crippen molar-refractivity contribution in [2.75, 3.05) is 0 Å². The van der Waals surface area contributed by atoms with Crippen molar-refractivity contribution in [1.82, 2.24) is 0 Å². The molecule has 0 aromatic heterocycles. The summed E-state index contributed by atoms with van der Waals surface area (Å²) in [5.41, 5.74) is 7.00. The molecule has 1 unspecified atom stereocenters. The van der Waals surface area contributed by atoms with Gasteiger partial charge < -0.3 is 5.73 Å². The average Bonchev–Trinajstić information content (AvgIpc) is 2.03. The van der Waals surface area contributed by atoms with Crippen LogP contribution in [0.4, 0.5) is 0 Å². The van der Waals surface area contributed by atoms with Crippen LogP contribution in [-0.4, -0.2) is 11.8 Å². The number of benzene rings is 1. The number of carbonyl (C=O) groups is 1. The lowest BCUT2D eigenvalue weighted by molar-refractivity contribution is 0.0968. The average molecular weight is 198 g/mol. The molecule has 0 aliphatic heterocycles. The molecule has 70 valence electrons. The minimum Gasteiger partial charge on any atom is -0.321 e. The predicted molar refractivity (Wildman–Crippen MR) is 54.2 cm³/mol. The van der Waals surface area contributed by atoms with Crippen LogP contribution >= 0.6 is 11.6 Å². The fraction of sp³-hybridized carbons (Fsp3) is 0.300. The van der Waals surface area contributed by atoms with Crippen LogP contribution in [0.15, 0.2) is 18.2 Å². The van der Waals surface area contributed by atoms with Crippen molar-refractivity contribution in [3.05, 3.63) is 34.3 Å². The van der Waals surface area contributed by atoms with E-state index in [2.05, 4.69) is 0 Å². The van der Waals surface area contributed by atoms with Crippen molar-refractivity contribution in [1.29, 1.82) is 0 Å². The van der Waals surface area contributed by atoms with Gasteiger partial charge in [-0.2, -0.15) is 0 Å². The van der Waals surface area contributed by atoms with E-state index >= 15 is 0 Å². The second-order valence-corrected chi connectivity index (χ2v) is 3.54. The summed E-state index contributed by atoms with van der Waals surface area (Å²) in [6.07, 6.45) is 0. The third-order valence-corrected chi connectivity index (χ3v) is 2.12. The summed E-state index contributed by atoms with van der Waals surface area (Å²) in [4.78, 5) is 11.5. The first-order chi connectivity index (χ1) is 6.02. The van der Waals surface area contributed by atoms with E-state index in [4.69, 9.17) is 17.3 Å². The van der Waals surface area contributed by atoms with Crippen LogP contribution in [0.25, 0.3) is 0 Å². The molecule has 1 aromatic rings. The molecule has 0 aliphatic rings. The molecule has 0 bridgehead atoms. The monoisotopic (exact) mass is 197 g/mol. The maximum Gasteiger partial charge on any atom is 0.180 e. The highest BCUT2D eigenvalue weighted by Crippen LogP contribution is 2.18. The van der Waals surface area contributed by atoms with Gasteiger partial charge in [0.1, 0.15) is 0 Å². The molecule has 2 nitrogen and oxygen atoms in total.